The molecule has 2 aliphatic rings. The summed E-state index contributed by atoms with van der Waals surface area (Å²) in [4.78, 5) is 38.4. The molecule has 1 aliphatic heterocycles. The van der Waals surface area contributed by atoms with Crippen LogP contribution in [0.3, 0.4) is 0 Å². The molecule has 1 atom stereocenters. The van der Waals surface area contributed by atoms with Gasteiger partial charge in [-0.3, -0.25) is 9.59 Å². The molecular weight excluding hydrogens is 274 g/mol. The van der Waals surface area contributed by atoms with Crippen LogP contribution in [0.4, 0.5) is 4.79 Å². The Morgan fingerprint density at radius 3 is 2.52 bits per heavy atom. The van der Waals surface area contributed by atoms with E-state index in [1.54, 1.807) is 19.0 Å². The number of hydrogen-bond donors (Lipinski definition) is 2. The smallest absolute Gasteiger partial charge is 0.319 e. The predicted octanol–water partition coefficient (Wildman–Crippen LogP) is 0.361. The Bertz CT molecular complexity index is 446. The number of piperidine rings is 1. The van der Waals surface area contributed by atoms with Crippen LogP contribution in [0.25, 0.3) is 0 Å². The van der Waals surface area contributed by atoms with Gasteiger partial charge in [0.05, 0.1) is 11.3 Å². The van der Waals surface area contributed by atoms with Crippen LogP contribution in [-0.2, 0) is 9.59 Å². The van der Waals surface area contributed by atoms with Gasteiger partial charge in [-0.15, -0.1) is 0 Å². The Kier molecular flexibility index (Phi) is 4.39. The van der Waals surface area contributed by atoms with Gasteiger partial charge in [-0.25, -0.2) is 4.79 Å². The minimum Gasteiger partial charge on any atom is -0.481 e. The molecule has 118 valence electrons. The van der Waals surface area contributed by atoms with Crippen molar-refractivity contribution in [1.82, 2.24) is 15.1 Å². The first kappa shape index (κ1) is 15.6. The largest absolute Gasteiger partial charge is 0.481 e. The van der Waals surface area contributed by atoms with Crippen molar-refractivity contribution in [2.45, 2.75) is 25.7 Å². The molecule has 2 N–H and O–H groups in total. The molecule has 1 aliphatic carbocycles. The lowest BCUT2D eigenvalue weighted by atomic mass is 9.97. The second-order valence-electron chi connectivity index (χ2n) is 6.27. The first-order valence-electron chi connectivity index (χ1n) is 7.33. The molecule has 0 spiro atoms. The summed E-state index contributed by atoms with van der Waals surface area (Å²) in [6.07, 6.45) is 2.78. The van der Waals surface area contributed by atoms with Gasteiger partial charge in [0.25, 0.3) is 0 Å². The number of carbonyl (C=O) groups is 3. The van der Waals surface area contributed by atoms with Gasteiger partial charge in [-0.05, 0) is 25.7 Å². The third-order valence-corrected chi connectivity index (χ3v) is 4.35. The highest BCUT2D eigenvalue weighted by molar-refractivity contribution is 5.83. The zero-order valence-corrected chi connectivity index (χ0v) is 12.6. The van der Waals surface area contributed by atoms with Gasteiger partial charge in [0.1, 0.15) is 0 Å². The Morgan fingerprint density at radius 1 is 1.33 bits per heavy atom. The molecule has 7 nitrogen and oxygen atoms in total. The standard InChI is InChI=1S/C14H23N3O4/c1-16(2)13(21)17-7-3-4-10(8-17)11(18)15-9-14(5-6-14)12(19)20/h10H,3-9H2,1-2H3,(H,15,18)(H,19,20). The van der Waals surface area contributed by atoms with Crippen molar-refractivity contribution in [2.75, 3.05) is 33.7 Å². The quantitative estimate of drug-likeness (QED) is 0.784. The van der Waals surface area contributed by atoms with Crippen molar-refractivity contribution in [2.24, 2.45) is 11.3 Å². The van der Waals surface area contributed by atoms with Crippen LogP contribution in [0, 0.1) is 11.3 Å². The van der Waals surface area contributed by atoms with Gasteiger partial charge in [-0.1, -0.05) is 0 Å². The van der Waals surface area contributed by atoms with E-state index in [0.29, 0.717) is 25.9 Å². The monoisotopic (exact) mass is 297 g/mol. The molecule has 0 aromatic heterocycles. The number of carboxylic acids is 1. The van der Waals surface area contributed by atoms with Crippen molar-refractivity contribution in [3.63, 3.8) is 0 Å². The molecular formula is C14H23N3O4. The van der Waals surface area contributed by atoms with Gasteiger partial charge in [0.2, 0.25) is 5.91 Å². The average Bonchev–Trinajstić information content (AvgIpc) is 3.25. The van der Waals surface area contributed by atoms with E-state index in [1.165, 1.54) is 4.90 Å². The third kappa shape index (κ3) is 3.46. The first-order chi connectivity index (χ1) is 9.85. The molecule has 1 saturated carbocycles. The minimum absolute atomic E-state index is 0.0864. The number of nitrogens with zero attached hydrogens (tertiary/aromatic N) is 2. The fourth-order valence-electron chi connectivity index (χ4n) is 2.67. The molecule has 7 heteroatoms. The van der Waals surface area contributed by atoms with Gasteiger partial charge >= 0.3 is 12.0 Å². The second kappa shape index (κ2) is 5.91. The van der Waals surface area contributed by atoms with E-state index in [1.807, 2.05) is 0 Å². The third-order valence-electron chi connectivity index (χ3n) is 4.35. The molecule has 0 bridgehead atoms. The van der Waals surface area contributed by atoms with Crippen LogP contribution in [0.2, 0.25) is 0 Å². The summed E-state index contributed by atoms with van der Waals surface area (Å²) in [6, 6.07) is -0.0864. The average molecular weight is 297 g/mol. The van der Waals surface area contributed by atoms with Crippen LogP contribution >= 0.6 is 0 Å². The lowest BCUT2D eigenvalue weighted by Gasteiger charge is -2.33. The van der Waals surface area contributed by atoms with Crippen molar-refractivity contribution in [3.8, 4) is 0 Å². The number of nitrogens with one attached hydrogen (secondary N) is 1. The van der Waals surface area contributed by atoms with Crippen molar-refractivity contribution in [1.29, 1.82) is 0 Å². The fraction of sp³-hybridized carbons (Fsp3) is 0.786. The summed E-state index contributed by atoms with van der Waals surface area (Å²) in [6.45, 7) is 1.27. The fourth-order valence-corrected chi connectivity index (χ4v) is 2.67. The molecule has 21 heavy (non-hydrogen) atoms. The van der Waals surface area contributed by atoms with Crippen LogP contribution in [0.15, 0.2) is 0 Å². The Balaban J connectivity index is 1.85. The number of aliphatic carboxylic acids is 1. The maximum Gasteiger partial charge on any atom is 0.319 e. The second-order valence-corrected chi connectivity index (χ2v) is 6.27. The Hall–Kier alpha value is -1.79. The molecule has 3 amide bonds. The van der Waals surface area contributed by atoms with E-state index < -0.39 is 11.4 Å². The summed E-state index contributed by atoms with van der Waals surface area (Å²) in [5.74, 6) is -1.22. The number of carboxylic acid groups (broad SMARTS) is 1. The lowest BCUT2D eigenvalue weighted by molar-refractivity contribution is -0.143. The highest BCUT2D eigenvalue weighted by Crippen LogP contribution is 2.45. The summed E-state index contributed by atoms with van der Waals surface area (Å²) in [7, 11) is 3.38. The van der Waals surface area contributed by atoms with E-state index in [0.717, 1.165) is 12.8 Å². The maximum absolute atomic E-state index is 12.2. The van der Waals surface area contributed by atoms with Gasteiger partial charge in [-0.2, -0.15) is 0 Å². The normalized spacial score (nSPS) is 23.3. The van der Waals surface area contributed by atoms with Crippen LogP contribution in [0.1, 0.15) is 25.7 Å². The molecule has 0 radical (unpaired) electrons. The van der Waals surface area contributed by atoms with E-state index in [9.17, 15) is 14.4 Å². The molecule has 0 aromatic carbocycles. The molecule has 2 rings (SSSR count). The Morgan fingerprint density at radius 2 is 2.00 bits per heavy atom. The summed E-state index contributed by atoms with van der Waals surface area (Å²) in [5, 5.41) is 11.8. The van der Waals surface area contributed by atoms with E-state index in [4.69, 9.17) is 5.11 Å². The van der Waals surface area contributed by atoms with Crippen molar-refractivity contribution < 1.29 is 19.5 Å². The molecule has 1 heterocycles. The molecule has 2 fully saturated rings. The van der Waals surface area contributed by atoms with Crippen LogP contribution in [0.5, 0.6) is 0 Å². The van der Waals surface area contributed by atoms with Crippen LogP contribution in [-0.4, -0.2) is 66.5 Å². The maximum atomic E-state index is 12.2. The summed E-state index contributed by atoms with van der Waals surface area (Å²) >= 11 is 0. The Labute approximate surface area is 124 Å². The number of hydrogen-bond acceptors (Lipinski definition) is 3. The highest BCUT2D eigenvalue weighted by atomic mass is 16.4. The molecule has 1 saturated heterocycles. The zero-order valence-electron chi connectivity index (χ0n) is 12.6. The number of likely N-dealkylation sites (tertiary alicyclic amines) is 1. The van der Waals surface area contributed by atoms with E-state index in [-0.39, 0.29) is 24.4 Å². The topological polar surface area (TPSA) is 90.0 Å². The zero-order chi connectivity index (χ0) is 15.6. The minimum atomic E-state index is -0.837. The number of carbonyl (C=O) groups excluding carboxylic acids is 2. The van der Waals surface area contributed by atoms with Crippen molar-refractivity contribution >= 4 is 17.9 Å². The molecule has 0 aromatic rings. The van der Waals surface area contributed by atoms with Gasteiger partial charge in [0, 0.05) is 33.7 Å². The first-order valence-corrected chi connectivity index (χ1v) is 7.33. The highest BCUT2D eigenvalue weighted by Gasteiger charge is 2.50. The lowest BCUT2D eigenvalue weighted by Crippen LogP contribution is -2.49. The van der Waals surface area contributed by atoms with Crippen LogP contribution < -0.4 is 5.32 Å². The van der Waals surface area contributed by atoms with Crippen molar-refractivity contribution in [3.05, 3.63) is 0 Å². The predicted molar refractivity (Wildman–Crippen MR) is 75.7 cm³/mol. The van der Waals surface area contributed by atoms with Gasteiger partial charge in [0.15, 0.2) is 0 Å². The number of urea groups is 1. The number of rotatable bonds is 4. The summed E-state index contributed by atoms with van der Waals surface area (Å²) in [5.41, 5.74) is -0.747. The van der Waals surface area contributed by atoms with E-state index in [2.05, 4.69) is 5.32 Å². The van der Waals surface area contributed by atoms with E-state index >= 15 is 0 Å². The molecule has 1 unspecified atom stereocenters. The SMILES string of the molecule is CN(C)C(=O)N1CCCC(C(=O)NCC2(C(=O)O)CC2)C1. The summed E-state index contributed by atoms with van der Waals surface area (Å²) < 4.78 is 0. The van der Waals surface area contributed by atoms with Gasteiger partial charge < -0.3 is 20.2 Å². The number of amides is 3.